The first-order valence-electron chi connectivity index (χ1n) is 5.73. The molecule has 0 unspecified atom stereocenters. The van der Waals surface area contributed by atoms with E-state index in [2.05, 4.69) is 5.16 Å². The number of nitrogens with zero attached hydrogens (tertiary/aromatic N) is 1. The number of benzene rings is 1. The number of carbonyl (C=O) groups is 1. The quantitative estimate of drug-likeness (QED) is 0.861. The van der Waals surface area contributed by atoms with Crippen molar-refractivity contribution in [2.45, 2.75) is 13.5 Å². The highest BCUT2D eigenvalue weighted by Gasteiger charge is 2.10. The van der Waals surface area contributed by atoms with Crippen molar-refractivity contribution in [1.29, 1.82) is 0 Å². The molecule has 6 nitrogen and oxygen atoms in total. The van der Waals surface area contributed by atoms with Gasteiger partial charge in [-0.05, 0) is 31.2 Å². The number of carboxylic acids is 1. The summed E-state index contributed by atoms with van der Waals surface area (Å²) in [5.41, 5.74) is -0.134. The van der Waals surface area contributed by atoms with Gasteiger partial charge in [-0.1, -0.05) is 5.16 Å². The Hall–Kier alpha value is -2.50. The smallest absolute Gasteiger partial charge is 0.358 e. The van der Waals surface area contributed by atoms with Gasteiger partial charge in [0.1, 0.15) is 18.1 Å². The van der Waals surface area contributed by atoms with Gasteiger partial charge in [0.2, 0.25) is 0 Å². The Bertz CT molecular complexity index is 546. The lowest BCUT2D eigenvalue weighted by Crippen LogP contribution is -1.96. The van der Waals surface area contributed by atoms with Gasteiger partial charge in [-0.15, -0.1) is 0 Å². The minimum atomic E-state index is -1.13. The average molecular weight is 263 g/mol. The Kier molecular flexibility index (Phi) is 4.02. The highest BCUT2D eigenvalue weighted by molar-refractivity contribution is 5.85. The van der Waals surface area contributed by atoms with Gasteiger partial charge in [0.15, 0.2) is 11.5 Å². The van der Waals surface area contributed by atoms with Crippen LogP contribution in [0.3, 0.4) is 0 Å². The highest BCUT2D eigenvalue weighted by Crippen LogP contribution is 2.18. The molecule has 0 radical (unpaired) electrons. The fourth-order valence-electron chi connectivity index (χ4n) is 1.44. The molecular weight excluding hydrogens is 250 g/mol. The molecule has 0 saturated carbocycles. The molecule has 0 spiro atoms. The summed E-state index contributed by atoms with van der Waals surface area (Å²) in [6.07, 6.45) is 0. The molecule has 0 saturated heterocycles. The summed E-state index contributed by atoms with van der Waals surface area (Å²) < 4.78 is 15.6. The van der Waals surface area contributed by atoms with Crippen molar-refractivity contribution in [3.8, 4) is 11.5 Å². The van der Waals surface area contributed by atoms with Gasteiger partial charge >= 0.3 is 5.97 Å². The molecule has 19 heavy (non-hydrogen) atoms. The van der Waals surface area contributed by atoms with E-state index in [9.17, 15) is 4.79 Å². The van der Waals surface area contributed by atoms with Crippen molar-refractivity contribution in [3.63, 3.8) is 0 Å². The third-order valence-electron chi connectivity index (χ3n) is 2.29. The summed E-state index contributed by atoms with van der Waals surface area (Å²) in [7, 11) is 0. The van der Waals surface area contributed by atoms with Crippen LogP contribution in [0.2, 0.25) is 0 Å². The molecular formula is C13H13NO5. The molecule has 6 heteroatoms. The van der Waals surface area contributed by atoms with Crippen LogP contribution in [0.5, 0.6) is 11.5 Å². The first kappa shape index (κ1) is 12.9. The summed E-state index contributed by atoms with van der Waals surface area (Å²) in [5, 5.41) is 12.1. The first-order chi connectivity index (χ1) is 9.19. The molecule has 0 bridgehead atoms. The summed E-state index contributed by atoms with van der Waals surface area (Å²) in [6.45, 7) is 2.64. The fraction of sp³-hybridized carbons (Fsp3) is 0.231. The van der Waals surface area contributed by atoms with Gasteiger partial charge in [-0.25, -0.2) is 4.79 Å². The molecule has 0 aliphatic rings. The van der Waals surface area contributed by atoms with Crippen LogP contribution in [0.15, 0.2) is 34.9 Å². The van der Waals surface area contributed by atoms with E-state index >= 15 is 0 Å². The number of aromatic nitrogens is 1. The lowest BCUT2D eigenvalue weighted by atomic mass is 10.3. The van der Waals surface area contributed by atoms with Crippen LogP contribution in [-0.2, 0) is 6.61 Å². The number of hydrogen-bond acceptors (Lipinski definition) is 5. The second-order valence-electron chi connectivity index (χ2n) is 3.68. The average Bonchev–Trinajstić information content (AvgIpc) is 2.87. The Morgan fingerprint density at radius 2 is 1.89 bits per heavy atom. The second kappa shape index (κ2) is 5.90. The molecule has 2 rings (SSSR count). The van der Waals surface area contributed by atoms with Crippen LogP contribution in [0, 0.1) is 0 Å². The first-order valence-corrected chi connectivity index (χ1v) is 5.73. The van der Waals surface area contributed by atoms with Crippen molar-refractivity contribution in [1.82, 2.24) is 5.16 Å². The van der Waals surface area contributed by atoms with Gasteiger partial charge < -0.3 is 19.1 Å². The third kappa shape index (κ3) is 3.48. The Morgan fingerprint density at radius 3 is 2.42 bits per heavy atom. The van der Waals surface area contributed by atoms with Crippen LogP contribution in [0.1, 0.15) is 23.2 Å². The zero-order valence-corrected chi connectivity index (χ0v) is 10.3. The molecule has 1 heterocycles. The number of rotatable bonds is 6. The van der Waals surface area contributed by atoms with Gasteiger partial charge in [0, 0.05) is 6.07 Å². The normalized spacial score (nSPS) is 10.2. The monoisotopic (exact) mass is 263 g/mol. The molecule has 0 amide bonds. The molecule has 1 N–H and O–H groups in total. The van der Waals surface area contributed by atoms with E-state index in [4.69, 9.17) is 19.1 Å². The SMILES string of the molecule is CCOc1ccc(OCc2cc(C(=O)O)no2)cc1. The van der Waals surface area contributed by atoms with Crippen molar-refractivity contribution in [3.05, 3.63) is 41.8 Å². The zero-order valence-electron chi connectivity index (χ0n) is 10.3. The third-order valence-corrected chi connectivity index (χ3v) is 2.29. The Balaban J connectivity index is 1.92. The second-order valence-corrected chi connectivity index (χ2v) is 3.68. The van der Waals surface area contributed by atoms with E-state index < -0.39 is 5.97 Å². The lowest BCUT2D eigenvalue weighted by molar-refractivity contribution is 0.0685. The van der Waals surface area contributed by atoms with E-state index in [-0.39, 0.29) is 12.3 Å². The van der Waals surface area contributed by atoms with Crippen LogP contribution < -0.4 is 9.47 Å². The molecule has 1 aromatic heterocycles. The summed E-state index contributed by atoms with van der Waals surface area (Å²) in [6, 6.07) is 8.44. The van der Waals surface area contributed by atoms with E-state index in [1.807, 2.05) is 6.92 Å². The Morgan fingerprint density at radius 1 is 1.26 bits per heavy atom. The molecule has 0 aliphatic heterocycles. The minimum absolute atomic E-state index is 0.119. The molecule has 0 aliphatic carbocycles. The number of carboxylic acid groups (broad SMARTS) is 1. The molecule has 100 valence electrons. The van der Waals surface area contributed by atoms with Gasteiger partial charge in [-0.3, -0.25) is 0 Å². The predicted molar refractivity (Wildman–Crippen MR) is 65.4 cm³/mol. The summed E-state index contributed by atoms with van der Waals surface area (Å²) in [4.78, 5) is 10.6. The van der Waals surface area contributed by atoms with Gasteiger partial charge in [0.25, 0.3) is 0 Å². The standard InChI is InChI=1S/C13H13NO5/c1-2-17-9-3-5-10(6-4-9)18-8-11-7-12(13(15)16)14-19-11/h3-7H,2,8H2,1H3,(H,15,16). The van der Waals surface area contributed by atoms with Crippen LogP contribution in [0.4, 0.5) is 0 Å². The van der Waals surface area contributed by atoms with Crippen LogP contribution in [0.25, 0.3) is 0 Å². The van der Waals surface area contributed by atoms with Gasteiger partial charge in [-0.2, -0.15) is 0 Å². The van der Waals surface area contributed by atoms with E-state index in [1.165, 1.54) is 6.07 Å². The summed E-state index contributed by atoms with van der Waals surface area (Å²) in [5.74, 6) is 0.627. The highest BCUT2D eigenvalue weighted by atomic mass is 16.5. The maximum atomic E-state index is 10.6. The fourth-order valence-corrected chi connectivity index (χ4v) is 1.44. The Labute approximate surface area is 109 Å². The molecule has 0 atom stereocenters. The molecule has 0 fully saturated rings. The van der Waals surface area contributed by atoms with Crippen LogP contribution >= 0.6 is 0 Å². The van der Waals surface area contributed by atoms with Crippen molar-refractivity contribution >= 4 is 5.97 Å². The molecule has 2 aromatic rings. The predicted octanol–water partition coefficient (Wildman–Crippen LogP) is 2.35. The largest absolute Gasteiger partial charge is 0.494 e. The van der Waals surface area contributed by atoms with E-state index in [0.29, 0.717) is 18.1 Å². The lowest BCUT2D eigenvalue weighted by Gasteiger charge is -2.05. The van der Waals surface area contributed by atoms with Crippen molar-refractivity contribution < 1.29 is 23.9 Å². The number of hydrogen-bond donors (Lipinski definition) is 1. The van der Waals surface area contributed by atoms with Crippen molar-refractivity contribution in [2.24, 2.45) is 0 Å². The maximum Gasteiger partial charge on any atom is 0.358 e. The summed E-state index contributed by atoms with van der Waals surface area (Å²) >= 11 is 0. The number of ether oxygens (including phenoxy) is 2. The van der Waals surface area contributed by atoms with Crippen LogP contribution in [-0.4, -0.2) is 22.8 Å². The minimum Gasteiger partial charge on any atom is -0.494 e. The number of aromatic carboxylic acids is 1. The van der Waals surface area contributed by atoms with E-state index in [0.717, 1.165) is 5.75 Å². The van der Waals surface area contributed by atoms with E-state index in [1.54, 1.807) is 24.3 Å². The topological polar surface area (TPSA) is 81.8 Å². The van der Waals surface area contributed by atoms with Crippen molar-refractivity contribution in [2.75, 3.05) is 6.61 Å². The maximum absolute atomic E-state index is 10.6. The zero-order chi connectivity index (χ0) is 13.7. The molecule has 1 aromatic carbocycles. The van der Waals surface area contributed by atoms with Gasteiger partial charge in [0.05, 0.1) is 6.61 Å².